The highest BCUT2D eigenvalue weighted by molar-refractivity contribution is 5.98. The number of nitrogens with zero attached hydrogens (tertiary/aromatic N) is 2. The number of anilines is 2. The van der Waals surface area contributed by atoms with Crippen molar-refractivity contribution in [3.05, 3.63) is 11.9 Å². The predicted octanol–water partition coefficient (Wildman–Crippen LogP) is -0.572. The van der Waals surface area contributed by atoms with Crippen LogP contribution < -0.4 is 11.5 Å². The van der Waals surface area contributed by atoms with Crippen LogP contribution in [0.15, 0.2) is 6.33 Å². The van der Waals surface area contributed by atoms with Gasteiger partial charge in [0.2, 0.25) is 0 Å². The summed E-state index contributed by atoms with van der Waals surface area (Å²) in [7, 11) is 1.23. The maximum absolute atomic E-state index is 11.0. The Morgan fingerprint density at radius 2 is 1.92 bits per heavy atom. The first-order chi connectivity index (χ1) is 5.66. The molecule has 0 unspecified atom stereocenters. The predicted molar refractivity (Wildman–Crippen MR) is 42.2 cm³/mol. The van der Waals surface area contributed by atoms with Gasteiger partial charge in [-0.25, -0.2) is 14.8 Å². The Morgan fingerprint density at radius 1 is 1.42 bits per heavy atom. The second kappa shape index (κ2) is 3.04. The summed E-state index contributed by atoms with van der Waals surface area (Å²) >= 11 is 0. The minimum Gasteiger partial charge on any atom is -0.465 e. The van der Waals surface area contributed by atoms with Gasteiger partial charge < -0.3 is 16.2 Å². The van der Waals surface area contributed by atoms with Crippen LogP contribution in [-0.4, -0.2) is 23.0 Å². The first-order valence-corrected chi connectivity index (χ1v) is 3.11. The first kappa shape index (κ1) is 8.25. The molecule has 0 aliphatic carbocycles. The van der Waals surface area contributed by atoms with Crippen LogP contribution in [0.4, 0.5) is 11.6 Å². The van der Waals surface area contributed by atoms with Gasteiger partial charge in [-0.05, 0) is 0 Å². The van der Waals surface area contributed by atoms with Crippen molar-refractivity contribution in [1.29, 1.82) is 0 Å². The molecule has 0 aliphatic rings. The van der Waals surface area contributed by atoms with E-state index in [0.717, 1.165) is 0 Å². The highest BCUT2D eigenvalue weighted by atomic mass is 16.5. The number of hydrogen-bond donors (Lipinski definition) is 2. The molecule has 1 heterocycles. The molecule has 0 aliphatic heterocycles. The summed E-state index contributed by atoms with van der Waals surface area (Å²) in [5, 5.41) is 0. The fourth-order valence-corrected chi connectivity index (χ4v) is 0.725. The van der Waals surface area contributed by atoms with Gasteiger partial charge in [-0.15, -0.1) is 0 Å². The monoisotopic (exact) mass is 168 g/mol. The van der Waals surface area contributed by atoms with Gasteiger partial charge in [-0.3, -0.25) is 0 Å². The molecule has 0 atom stereocenters. The maximum atomic E-state index is 11.0. The van der Waals surface area contributed by atoms with Crippen molar-refractivity contribution in [2.75, 3.05) is 18.6 Å². The normalized spacial score (nSPS) is 9.42. The van der Waals surface area contributed by atoms with Crippen molar-refractivity contribution in [2.24, 2.45) is 0 Å². The van der Waals surface area contributed by atoms with E-state index in [9.17, 15) is 4.79 Å². The largest absolute Gasteiger partial charge is 0.465 e. The number of esters is 1. The van der Waals surface area contributed by atoms with Gasteiger partial charge in [-0.1, -0.05) is 0 Å². The third-order valence-corrected chi connectivity index (χ3v) is 1.30. The summed E-state index contributed by atoms with van der Waals surface area (Å²) in [5.41, 5.74) is 10.7. The Labute approximate surface area is 68.6 Å². The molecular weight excluding hydrogens is 160 g/mol. The SMILES string of the molecule is COC(=O)c1c(N)ncnc1N. The second-order valence-corrected chi connectivity index (χ2v) is 2.01. The molecule has 0 aromatic carbocycles. The summed E-state index contributed by atoms with van der Waals surface area (Å²) in [6.07, 6.45) is 1.18. The minimum atomic E-state index is -0.634. The quantitative estimate of drug-likeness (QED) is 0.544. The number of methoxy groups -OCH3 is 1. The molecule has 0 radical (unpaired) electrons. The van der Waals surface area contributed by atoms with Crippen molar-refractivity contribution in [1.82, 2.24) is 9.97 Å². The van der Waals surface area contributed by atoms with Gasteiger partial charge in [0, 0.05) is 0 Å². The van der Waals surface area contributed by atoms with Gasteiger partial charge in [0.25, 0.3) is 0 Å². The summed E-state index contributed by atoms with van der Waals surface area (Å²) in [5.74, 6) is -0.589. The van der Waals surface area contributed by atoms with E-state index in [1.807, 2.05) is 0 Å². The van der Waals surface area contributed by atoms with Crippen LogP contribution in [0.25, 0.3) is 0 Å². The molecule has 0 amide bonds. The smallest absolute Gasteiger partial charge is 0.345 e. The lowest BCUT2D eigenvalue weighted by atomic mass is 10.3. The minimum absolute atomic E-state index is 0.0139. The number of aromatic nitrogens is 2. The lowest BCUT2D eigenvalue weighted by molar-refractivity contribution is 0.0602. The standard InChI is InChI=1S/C6H8N4O2/c1-12-6(11)3-4(7)9-2-10-5(3)8/h2H,1H3,(H4,7,8,9,10). The van der Waals surface area contributed by atoms with E-state index >= 15 is 0 Å². The molecule has 4 N–H and O–H groups in total. The Kier molecular flexibility index (Phi) is 2.09. The average Bonchev–Trinajstić information content (AvgIpc) is 2.03. The van der Waals surface area contributed by atoms with Crippen LogP contribution in [-0.2, 0) is 4.74 Å². The zero-order valence-corrected chi connectivity index (χ0v) is 6.44. The van der Waals surface area contributed by atoms with Crippen molar-refractivity contribution in [3.63, 3.8) is 0 Å². The van der Waals surface area contributed by atoms with Gasteiger partial charge in [0.1, 0.15) is 23.5 Å². The van der Waals surface area contributed by atoms with Crippen molar-refractivity contribution >= 4 is 17.6 Å². The van der Waals surface area contributed by atoms with Gasteiger partial charge in [-0.2, -0.15) is 0 Å². The summed E-state index contributed by atoms with van der Waals surface area (Å²) in [6, 6.07) is 0. The number of ether oxygens (including phenoxy) is 1. The van der Waals surface area contributed by atoms with Crippen molar-refractivity contribution in [2.45, 2.75) is 0 Å². The van der Waals surface area contributed by atoms with Crippen molar-refractivity contribution < 1.29 is 9.53 Å². The van der Waals surface area contributed by atoms with Gasteiger partial charge >= 0.3 is 5.97 Å². The Morgan fingerprint density at radius 3 is 2.33 bits per heavy atom. The number of hydrogen-bond acceptors (Lipinski definition) is 6. The molecule has 0 spiro atoms. The summed E-state index contributed by atoms with van der Waals surface area (Å²) < 4.78 is 4.42. The molecule has 0 saturated carbocycles. The van der Waals surface area contributed by atoms with Crippen LogP contribution in [0.5, 0.6) is 0 Å². The number of carbonyl (C=O) groups is 1. The van der Waals surface area contributed by atoms with Gasteiger partial charge in [0.05, 0.1) is 7.11 Å². The molecule has 6 nitrogen and oxygen atoms in total. The molecule has 1 aromatic heterocycles. The molecular formula is C6H8N4O2. The first-order valence-electron chi connectivity index (χ1n) is 3.11. The Balaban J connectivity index is 3.21. The fraction of sp³-hybridized carbons (Fsp3) is 0.167. The van der Waals surface area contributed by atoms with Crippen LogP contribution in [0.1, 0.15) is 10.4 Å². The third-order valence-electron chi connectivity index (χ3n) is 1.30. The molecule has 12 heavy (non-hydrogen) atoms. The van der Waals surface area contributed by atoms with E-state index in [2.05, 4.69) is 14.7 Å². The van der Waals surface area contributed by atoms with E-state index in [0.29, 0.717) is 0 Å². The van der Waals surface area contributed by atoms with E-state index in [1.165, 1.54) is 13.4 Å². The van der Waals surface area contributed by atoms with Gasteiger partial charge in [0.15, 0.2) is 0 Å². The zero-order valence-electron chi connectivity index (χ0n) is 6.44. The topological polar surface area (TPSA) is 104 Å². The Bertz CT molecular complexity index is 292. The molecule has 0 saturated heterocycles. The lowest BCUT2D eigenvalue weighted by Gasteiger charge is -2.03. The summed E-state index contributed by atoms with van der Waals surface area (Å²) in [6.45, 7) is 0. The average molecular weight is 168 g/mol. The number of rotatable bonds is 1. The zero-order chi connectivity index (χ0) is 9.14. The van der Waals surface area contributed by atoms with E-state index in [1.54, 1.807) is 0 Å². The maximum Gasteiger partial charge on any atom is 0.345 e. The second-order valence-electron chi connectivity index (χ2n) is 2.01. The molecule has 0 bridgehead atoms. The number of carbonyl (C=O) groups excluding carboxylic acids is 1. The van der Waals surface area contributed by atoms with Crippen molar-refractivity contribution in [3.8, 4) is 0 Å². The molecule has 6 heteroatoms. The highest BCUT2D eigenvalue weighted by Gasteiger charge is 2.15. The molecule has 1 aromatic rings. The van der Waals surface area contributed by atoms with E-state index in [4.69, 9.17) is 11.5 Å². The van der Waals surface area contributed by atoms with Crippen LogP contribution in [0.3, 0.4) is 0 Å². The van der Waals surface area contributed by atoms with Crippen LogP contribution in [0, 0.1) is 0 Å². The van der Waals surface area contributed by atoms with E-state index in [-0.39, 0.29) is 17.2 Å². The molecule has 64 valence electrons. The Hall–Kier alpha value is -1.85. The summed E-state index contributed by atoms with van der Waals surface area (Å²) in [4.78, 5) is 18.2. The highest BCUT2D eigenvalue weighted by Crippen LogP contribution is 2.14. The molecule has 0 fully saturated rings. The van der Waals surface area contributed by atoms with Crippen LogP contribution in [0.2, 0.25) is 0 Å². The lowest BCUT2D eigenvalue weighted by Crippen LogP contribution is -2.11. The third kappa shape index (κ3) is 1.26. The number of nitrogens with two attached hydrogens (primary N) is 2. The van der Waals surface area contributed by atoms with E-state index < -0.39 is 5.97 Å². The molecule has 1 rings (SSSR count). The fourth-order valence-electron chi connectivity index (χ4n) is 0.725. The van der Waals surface area contributed by atoms with Crippen LogP contribution >= 0.6 is 0 Å². The number of nitrogen functional groups attached to an aromatic ring is 2.